The van der Waals surface area contributed by atoms with E-state index in [1.54, 1.807) is 17.0 Å². The van der Waals surface area contributed by atoms with Gasteiger partial charge in [-0.15, -0.1) is 0 Å². The first-order chi connectivity index (χ1) is 8.79. The molecule has 1 atom stereocenters. The van der Waals surface area contributed by atoms with Gasteiger partial charge in [-0.2, -0.15) is 0 Å². The van der Waals surface area contributed by atoms with Crippen LogP contribution in [0.25, 0.3) is 0 Å². The molecule has 1 saturated heterocycles. The molecular weight excluding hydrogens is 332 g/mol. The first-order valence-electron chi connectivity index (χ1n) is 5.83. The topological polar surface area (TPSA) is 80.5 Å². The van der Waals surface area contributed by atoms with Gasteiger partial charge in [-0.3, -0.25) is 4.79 Å². The molecule has 104 valence electrons. The van der Waals surface area contributed by atoms with Gasteiger partial charge in [0.2, 0.25) is 0 Å². The largest absolute Gasteiger partial charge is 0.337 e. The summed E-state index contributed by atoms with van der Waals surface area (Å²) in [4.78, 5) is 14.0. The second-order valence-corrected chi connectivity index (χ2v) is 7.56. The summed E-state index contributed by atoms with van der Waals surface area (Å²) in [5.74, 6) is -0.176. The van der Waals surface area contributed by atoms with Crippen LogP contribution in [-0.2, 0) is 9.84 Å². The van der Waals surface area contributed by atoms with Crippen LogP contribution in [0.2, 0.25) is 0 Å². The van der Waals surface area contributed by atoms with E-state index in [0.29, 0.717) is 23.1 Å². The highest BCUT2D eigenvalue weighted by Crippen LogP contribution is 2.24. The summed E-state index contributed by atoms with van der Waals surface area (Å²) in [6.07, 6.45) is 1.90. The van der Waals surface area contributed by atoms with Crippen LogP contribution in [0.15, 0.2) is 27.6 Å². The molecule has 5 nitrogen and oxygen atoms in total. The third-order valence-electron chi connectivity index (χ3n) is 3.09. The number of halogens is 1. The van der Waals surface area contributed by atoms with Gasteiger partial charge in [0.15, 0.2) is 9.84 Å². The molecule has 19 heavy (non-hydrogen) atoms. The maximum atomic E-state index is 12.2. The van der Waals surface area contributed by atoms with Crippen molar-refractivity contribution in [3.05, 3.63) is 28.2 Å². The molecule has 2 rings (SSSR count). The van der Waals surface area contributed by atoms with Crippen LogP contribution in [0, 0.1) is 0 Å². The van der Waals surface area contributed by atoms with Gasteiger partial charge in [0.05, 0.1) is 4.90 Å². The number of nitrogens with zero attached hydrogens (tertiary/aromatic N) is 1. The predicted molar refractivity (Wildman–Crippen MR) is 75.7 cm³/mol. The molecule has 1 heterocycles. The molecule has 1 aromatic carbocycles. The highest BCUT2D eigenvalue weighted by atomic mass is 79.9. The van der Waals surface area contributed by atoms with E-state index >= 15 is 0 Å². The number of hydrogen-bond donors (Lipinski definition) is 1. The van der Waals surface area contributed by atoms with Crippen molar-refractivity contribution >= 4 is 31.7 Å². The SMILES string of the molecule is CS(=O)(=O)c1cc(C(=O)N2CC[C@H](N)C2)ccc1Br. The number of nitrogens with two attached hydrogens (primary N) is 1. The molecule has 2 N–H and O–H groups in total. The number of sulfone groups is 1. The van der Waals surface area contributed by atoms with Crippen LogP contribution in [-0.4, -0.2) is 44.6 Å². The number of benzene rings is 1. The molecule has 0 spiro atoms. The average Bonchev–Trinajstić information content (AvgIpc) is 2.74. The van der Waals surface area contributed by atoms with Gasteiger partial charge in [-0.05, 0) is 40.5 Å². The number of amides is 1. The lowest BCUT2D eigenvalue weighted by molar-refractivity contribution is 0.0790. The Hall–Kier alpha value is -0.920. The summed E-state index contributed by atoms with van der Waals surface area (Å²) in [6, 6.07) is 4.62. The fourth-order valence-corrected chi connectivity index (χ4v) is 3.97. The number of rotatable bonds is 2. The van der Waals surface area contributed by atoms with Gasteiger partial charge in [-0.25, -0.2) is 8.42 Å². The van der Waals surface area contributed by atoms with Crippen LogP contribution >= 0.6 is 15.9 Å². The van der Waals surface area contributed by atoms with Gasteiger partial charge in [0, 0.05) is 35.4 Å². The van der Waals surface area contributed by atoms with Crippen LogP contribution in [0.5, 0.6) is 0 Å². The monoisotopic (exact) mass is 346 g/mol. The summed E-state index contributed by atoms with van der Waals surface area (Å²) in [7, 11) is -3.37. The van der Waals surface area contributed by atoms with Crippen molar-refractivity contribution in [2.24, 2.45) is 5.73 Å². The fourth-order valence-electron chi connectivity index (χ4n) is 2.07. The van der Waals surface area contributed by atoms with Crippen molar-refractivity contribution in [3.8, 4) is 0 Å². The van der Waals surface area contributed by atoms with E-state index in [1.165, 1.54) is 6.07 Å². The maximum absolute atomic E-state index is 12.2. The normalized spacial score (nSPS) is 19.7. The Morgan fingerprint density at radius 3 is 2.68 bits per heavy atom. The van der Waals surface area contributed by atoms with Crippen molar-refractivity contribution in [2.45, 2.75) is 17.4 Å². The van der Waals surface area contributed by atoms with E-state index in [2.05, 4.69) is 15.9 Å². The molecule has 7 heteroatoms. The molecule has 0 aromatic heterocycles. The van der Waals surface area contributed by atoms with Gasteiger partial charge >= 0.3 is 0 Å². The van der Waals surface area contributed by atoms with Crippen LogP contribution < -0.4 is 5.73 Å². The van der Waals surface area contributed by atoms with E-state index in [-0.39, 0.29) is 16.8 Å². The summed E-state index contributed by atoms with van der Waals surface area (Å²) >= 11 is 3.18. The molecule has 1 aliphatic heterocycles. The molecule has 0 unspecified atom stereocenters. The minimum atomic E-state index is -3.37. The number of likely N-dealkylation sites (tertiary alicyclic amines) is 1. The maximum Gasteiger partial charge on any atom is 0.253 e. The van der Waals surface area contributed by atoms with E-state index in [1.807, 2.05) is 0 Å². The Morgan fingerprint density at radius 1 is 1.47 bits per heavy atom. The number of carbonyl (C=O) groups excluding carboxylic acids is 1. The van der Waals surface area contributed by atoms with Gasteiger partial charge in [0.25, 0.3) is 5.91 Å². The lowest BCUT2D eigenvalue weighted by Crippen LogP contribution is -2.31. The van der Waals surface area contributed by atoms with Crippen molar-refractivity contribution in [2.75, 3.05) is 19.3 Å². The molecule has 0 saturated carbocycles. The Kier molecular flexibility index (Phi) is 3.98. The van der Waals surface area contributed by atoms with Gasteiger partial charge in [-0.1, -0.05) is 0 Å². The van der Waals surface area contributed by atoms with Crippen molar-refractivity contribution in [1.82, 2.24) is 4.90 Å². The number of hydrogen-bond acceptors (Lipinski definition) is 4. The molecule has 0 aliphatic carbocycles. The first-order valence-corrected chi connectivity index (χ1v) is 8.52. The minimum absolute atomic E-state index is 0.00813. The summed E-state index contributed by atoms with van der Waals surface area (Å²) < 4.78 is 23.7. The summed E-state index contributed by atoms with van der Waals surface area (Å²) in [6.45, 7) is 1.13. The van der Waals surface area contributed by atoms with Gasteiger partial charge in [0.1, 0.15) is 0 Å². The summed E-state index contributed by atoms with van der Waals surface area (Å²) in [5, 5.41) is 0. The highest BCUT2D eigenvalue weighted by molar-refractivity contribution is 9.10. The van der Waals surface area contributed by atoms with E-state index in [4.69, 9.17) is 5.73 Å². The molecular formula is C12H15BrN2O3S. The fraction of sp³-hybridized carbons (Fsp3) is 0.417. The Labute approximate surface area is 120 Å². The molecule has 0 radical (unpaired) electrons. The van der Waals surface area contributed by atoms with E-state index < -0.39 is 9.84 Å². The molecule has 1 fully saturated rings. The van der Waals surface area contributed by atoms with Gasteiger partial charge < -0.3 is 10.6 Å². The second kappa shape index (κ2) is 5.22. The van der Waals surface area contributed by atoms with Crippen molar-refractivity contribution in [1.29, 1.82) is 0 Å². The summed E-state index contributed by atoms with van der Waals surface area (Å²) in [5.41, 5.74) is 6.14. The van der Waals surface area contributed by atoms with E-state index in [9.17, 15) is 13.2 Å². The van der Waals surface area contributed by atoms with Crippen LogP contribution in [0.1, 0.15) is 16.8 Å². The van der Waals surface area contributed by atoms with E-state index in [0.717, 1.165) is 12.7 Å². The zero-order valence-electron chi connectivity index (χ0n) is 10.5. The Morgan fingerprint density at radius 2 is 2.16 bits per heavy atom. The van der Waals surface area contributed by atoms with Crippen LogP contribution in [0.4, 0.5) is 0 Å². The van der Waals surface area contributed by atoms with Crippen molar-refractivity contribution < 1.29 is 13.2 Å². The zero-order valence-corrected chi connectivity index (χ0v) is 12.9. The Balaban J connectivity index is 2.34. The minimum Gasteiger partial charge on any atom is -0.337 e. The van der Waals surface area contributed by atoms with Crippen LogP contribution in [0.3, 0.4) is 0 Å². The smallest absolute Gasteiger partial charge is 0.253 e. The first kappa shape index (κ1) is 14.5. The zero-order chi connectivity index (χ0) is 14.2. The quantitative estimate of drug-likeness (QED) is 0.866. The average molecular weight is 347 g/mol. The molecule has 0 bridgehead atoms. The third kappa shape index (κ3) is 3.16. The molecule has 1 amide bonds. The lowest BCUT2D eigenvalue weighted by Gasteiger charge is -2.16. The molecule has 1 aromatic rings. The lowest BCUT2D eigenvalue weighted by atomic mass is 10.2. The second-order valence-electron chi connectivity index (χ2n) is 4.72. The Bertz CT molecular complexity index is 615. The number of carbonyl (C=O) groups is 1. The standard InChI is InChI=1S/C12H15BrN2O3S/c1-19(17,18)11-6-8(2-3-10(11)13)12(16)15-5-4-9(14)7-15/h2-3,6,9H,4-5,7,14H2,1H3/t9-/m0/s1. The highest BCUT2D eigenvalue weighted by Gasteiger charge is 2.25. The van der Waals surface area contributed by atoms with Crippen molar-refractivity contribution in [3.63, 3.8) is 0 Å². The molecule has 1 aliphatic rings. The predicted octanol–water partition coefficient (Wildman–Crippen LogP) is 1.03. The third-order valence-corrected chi connectivity index (χ3v) is 5.18.